The van der Waals surface area contributed by atoms with E-state index in [4.69, 9.17) is 14.2 Å². The summed E-state index contributed by atoms with van der Waals surface area (Å²) in [6.45, 7) is 4.20. The van der Waals surface area contributed by atoms with Crippen LogP contribution in [0.1, 0.15) is 95.3 Å². The lowest BCUT2D eigenvalue weighted by atomic mass is 9.94. The van der Waals surface area contributed by atoms with Crippen LogP contribution < -0.4 is 14.2 Å². The first kappa shape index (κ1) is 28.3. The van der Waals surface area contributed by atoms with Crippen LogP contribution in [0.2, 0.25) is 0 Å². The molecule has 0 aromatic heterocycles. The maximum absolute atomic E-state index is 12.5. The topological polar surface area (TPSA) is 123 Å². The number of aliphatic hydroxyl groups is 1. The van der Waals surface area contributed by atoms with Gasteiger partial charge in [-0.25, -0.2) is 0 Å². The number of phenols is 2. The Hall–Kier alpha value is -3.26. The molecule has 8 heteroatoms. The quantitative estimate of drug-likeness (QED) is 0.131. The smallest absolute Gasteiger partial charge is 0.311 e. The Balaban J connectivity index is 1.83. The van der Waals surface area contributed by atoms with Crippen molar-refractivity contribution < 1.29 is 39.1 Å². The molecule has 1 aliphatic rings. The molecule has 1 heterocycles. The monoisotopic (exact) mass is 514 g/mol. The van der Waals surface area contributed by atoms with Crippen LogP contribution in [-0.4, -0.2) is 33.4 Å². The number of carbonyl (C=O) groups is 2. The number of carbonyl (C=O) groups excluding carboxylic acids is 2. The summed E-state index contributed by atoms with van der Waals surface area (Å²) in [7, 11) is 0. The number of fused-ring (bicyclic) bond motifs is 1. The van der Waals surface area contributed by atoms with Gasteiger partial charge in [0.15, 0.2) is 11.5 Å². The number of phenolic OH excluding ortho intramolecular Hbond substituents is 2. The van der Waals surface area contributed by atoms with E-state index in [1.165, 1.54) is 18.2 Å². The molecule has 0 bridgehead atoms. The molecule has 1 aliphatic heterocycles. The van der Waals surface area contributed by atoms with Crippen LogP contribution in [0, 0.1) is 0 Å². The standard InChI is InChI=1S/C29H38O8/c1-3-5-7-9-11-27(33)35-20-16-25(36-28(34)12-10-8-6-4-2)21-18-24(32)29(37-26(21)17-20)19-13-14-22(30)23(31)15-19/h13-17,24,29-32H,3-12,18H2,1-2H3/t24-,29-/m1/s1. The molecule has 202 valence electrons. The summed E-state index contributed by atoms with van der Waals surface area (Å²) >= 11 is 0. The number of hydrogen-bond donors (Lipinski definition) is 3. The lowest BCUT2D eigenvalue weighted by Crippen LogP contribution is -2.31. The van der Waals surface area contributed by atoms with Crippen molar-refractivity contribution in [3.8, 4) is 28.7 Å². The molecule has 3 rings (SSSR count). The van der Waals surface area contributed by atoms with Gasteiger partial charge in [-0.2, -0.15) is 0 Å². The minimum absolute atomic E-state index is 0.116. The normalized spacial score (nSPS) is 16.5. The molecule has 2 aromatic carbocycles. The Morgan fingerprint density at radius 2 is 1.51 bits per heavy atom. The fraction of sp³-hybridized carbons (Fsp3) is 0.517. The highest BCUT2D eigenvalue weighted by atomic mass is 16.6. The lowest BCUT2D eigenvalue weighted by molar-refractivity contribution is -0.135. The summed E-state index contributed by atoms with van der Waals surface area (Å²) in [6, 6.07) is 7.24. The van der Waals surface area contributed by atoms with Gasteiger partial charge >= 0.3 is 11.9 Å². The van der Waals surface area contributed by atoms with Crippen LogP contribution in [0.5, 0.6) is 28.7 Å². The first-order valence-corrected chi connectivity index (χ1v) is 13.3. The third kappa shape index (κ3) is 8.12. The Kier molecular flexibility index (Phi) is 10.6. The van der Waals surface area contributed by atoms with Gasteiger partial charge < -0.3 is 29.5 Å². The number of unbranched alkanes of at least 4 members (excludes halogenated alkanes) is 6. The molecule has 2 aromatic rings. The molecule has 0 radical (unpaired) electrons. The molecular formula is C29H38O8. The van der Waals surface area contributed by atoms with Crippen LogP contribution in [0.3, 0.4) is 0 Å². The fourth-order valence-corrected chi connectivity index (χ4v) is 4.34. The molecule has 0 saturated carbocycles. The van der Waals surface area contributed by atoms with Crippen molar-refractivity contribution in [2.24, 2.45) is 0 Å². The summed E-state index contributed by atoms with van der Waals surface area (Å²) in [6.07, 6.45) is 6.33. The number of aromatic hydroxyl groups is 2. The second-order valence-electron chi connectivity index (χ2n) is 9.53. The second-order valence-corrected chi connectivity index (χ2v) is 9.53. The van der Waals surface area contributed by atoms with Gasteiger partial charge in [0.25, 0.3) is 0 Å². The SMILES string of the molecule is CCCCCCC(=O)Oc1cc(OC(=O)CCCCCC)c2c(c1)O[C@H](c1ccc(O)c(O)c1)[C@H](O)C2. The van der Waals surface area contributed by atoms with E-state index in [0.29, 0.717) is 23.3 Å². The van der Waals surface area contributed by atoms with Gasteiger partial charge in [0, 0.05) is 37.0 Å². The van der Waals surface area contributed by atoms with Gasteiger partial charge in [-0.1, -0.05) is 58.4 Å². The molecule has 0 aliphatic carbocycles. The zero-order valence-electron chi connectivity index (χ0n) is 21.7. The molecule has 37 heavy (non-hydrogen) atoms. The lowest BCUT2D eigenvalue weighted by Gasteiger charge is -2.32. The average Bonchev–Trinajstić information content (AvgIpc) is 2.86. The first-order valence-electron chi connectivity index (χ1n) is 13.3. The van der Waals surface area contributed by atoms with Crippen LogP contribution in [0.4, 0.5) is 0 Å². The van der Waals surface area contributed by atoms with Crippen molar-refractivity contribution in [1.29, 1.82) is 0 Å². The van der Waals surface area contributed by atoms with Gasteiger partial charge in [0.2, 0.25) is 0 Å². The number of aliphatic hydroxyl groups excluding tert-OH is 1. The van der Waals surface area contributed by atoms with Crippen molar-refractivity contribution >= 4 is 11.9 Å². The minimum Gasteiger partial charge on any atom is -0.504 e. The zero-order valence-corrected chi connectivity index (χ0v) is 21.7. The van der Waals surface area contributed by atoms with Gasteiger partial charge in [-0.15, -0.1) is 0 Å². The van der Waals surface area contributed by atoms with E-state index in [2.05, 4.69) is 13.8 Å². The van der Waals surface area contributed by atoms with E-state index < -0.39 is 18.2 Å². The number of rotatable bonds is 13. The minimum atomic E-state index is -1.01. The van der Waals surface area contributed by atoms with Crippen LogP contribution in [0.25, 0.3) is 0 Å². The molecule has 8 nitrogen and oxygen atoms in total. The predicted molar refractivity (Wildman–Crippen MR) is 138 cm³/mol. The van der Waals surface area contributed by atoms with Gasteiger partial charge in [-0.3, -0.25) is 9.59 Å². The number of ether oxygens (including phenoxy) is 3. The molecule has 0 unspecified atom stereocenters. The summed E-state index contributed by atoms with van der Waals surface area (Å²) in [5.41, 5.74) is 0.956. The molecule has 0 saturated heterocycles. The maximum Gasteiger partial charge on any atom is 0.311 e. The molecule has 0 spiro atoms. The largest absolute Gasteiger partial charge is 0.504 e. The maximum atomic E-state index is 12.5. The average molecular weight is 515 g/mol. The predicted octanol–water partition coefficient (Wildman–Crippen LogP) is 5.89. The van der Waals surface area contributed by atoms with Gasteiger partial charge in [0.1, 0.15) is 23.4 Å². The number of esters is 2. The molecule has 3 N–H and O–H groups in total. The van der Waals surface area contributed by atoms with Crippen molar-refractivity contribution in [3.05, 3.63) is 41.5 Å². The summed E-state index contributed by atoms with van der Waals surface area (Å²) in [5, 5.41) is 30.4. The Bertz CT molecular complexity index is 1060. The highest BCUT2D eigenvalue weighted by Crippen LogP contribution is 2.43. The Morgan fingerprint density at radius 3 is 2.14 bits per heavy atom. The van der Waals surface area contributed by atoms with E-state index in [1.807, 2.05) is 0 Å². The molecule has 0 amide bonds. The van der Waals surface area contributed by atoms with E-state index in [0.717, 1.165) is 44.9 Å². The Morgan fingerprint density at radius 1 is 0.865 bits per heavy atom. The Labute approximate surface area is 218 Å². The van der Waals surface area contributed by atoms with E-state index >= 15 is 0 Å². The van der Waals surface area contributed by atoms with Gasteiger partial charge in [0.05, 0.1) is 6.10 Å². The van der Waals surface area contributed by atoms with E-state index in [9.17, 15) is 24.9 Å². The summed E-state index contributed by atoms with van der Waals surface area (Å²) < 4.78 is 17.3. The first-order chi connectivity index (χ1) is 17.8. The third-order valence-corrected chi connectivity index (χ3v) is 6.41. The number of benzene rings is 2. The van der Waals surface area contributed by atoms with Crippen LogP contribution in [-0.2, 0) is 16.0 Å². The van der Waals surface area contributed by atoms with Crippen molar-refractivity contribution in [2.45, 2.75) is 96.7 Å². The highest BCUT2D eigenvalue weighted by molar-refractivity contribution is 5.75. The van der Waals surface area contributed by atoms with Crippen molar-refractivity contribution in [3.63, 3.8) is 0 Å². The zero-order chi connectivity index (χ0) is 26.8. The summed E-state index contributed by atoms with van der Waals surface area (Å²) in [4.78, 5) is 25.0. The van der Waals surface area contributed by atoms with Crippen LogP contribution in [0.15, 0.2) is 30.3 Å². The highest BCUT2D eigenvalue weighted by Gasteiger charge is 2.33. The summed E-state index contributed by atoms with van der Waals surface area (Å²) in [5.74, 6) is -0.703. The van der Waals surface area contributed by atoms with Crippen LogP contribution >= 0.6 is 0 Å². The van der Waals surface area contributed by atoms with Crippen molar-refractivity contribution in [2.75, 3.05) is 0 Å². The second kappa shape index (κ2) is 13.9. The fourth-order valence-electron chi connectivity index (χ4n) is 4.34. The molecular weight excluding hydrogens is 476 g/mol. The van der Waals surface area contributed by atoms with Crippen molar-refractivity contribution in [1.82, 2.24) is 0 Å². The number of hydrogen-bond acceptors (Lipinski definition) is 8. The van der Waals surface area contributed by atoms with Gasteiger partial charge in [-0.05, 0) is 30.5 Å². The van der Waals surface area contributed by atoms with E-state index in [1.54, 1.807) is 12.1 Å². The third-order valence-electron chi connectivity index (χ3n) is 6.41. The molecule has 2 atom stereocenters. The molecule has 0 fully saturated rings. The van der Waals surface area contributed by atoms with E-state index in [-0.39, 0.29) is 48.2 Å².